The van der Waals surface area contributed by atoms with Gasteiger partial charge in [0.05, 0.1) is 6.26 Å². The molecule has 29 heavy (non-hydrogen) atoms. The fourth-order valence-electron chi connectivity index (χ4n) is 3.24. The van der Waals surface area contributed by atoms with Gasteiger partial charge in [-0.15, -0.1) is 0 Å². The quantitative estimate of drug-likeness (QED) is 0.327. The Kier molecular flexibility index (Phi) is 6.13. The maximum absolute atomic E-state index is 13.4. The maximum atomic E-state index is 13.4. The number of nitrogens with zero attached hydrogens (tertiary/aromatic N) is 1. The lowest BCUT2D eigenvalue weighted by Gasteiger charge is -2.12. The molecule has 0 aliphatic rings. The van der Waals surface area contributed by atoms with Gasteiger partial charge in [-0.2, -0.15) is 8.42 Å². The molecule has 0 atom stereocenters. The zero-order valence-corrected chi connectivity index (χ0v) is 17.5. The van der Waals surface area contributed by atoms with Gasteiger partial charge in [-0.25, -0.2) is 0 Å². The molecule has 0 radical (unpaired) electrons. The average Bonchev–Trinajstić information content (AvgIpc) is 2.72. The van der Waals surface area contributed by atoms with Crippen LogP contribution >= 0.6 is 0 Å². The van der Waals surface area contributed by atoms with Crippen LogP contribution in [-0.4, -0.2) is 26.2 Å². The number of rotatable bonds is 7. The molecule has 0 aromatic heterocycles. The molecule has 6 heteroatoms. The monoisotopic (exact) mass is 409 g/mol. The van der Waals surface area contributed by atoms with Crippen LogP contribution in [0.15, 0.2) is 65.8 Å². The van der Waals surface area contributed by atoms with Crippen LogP contribution in [-0.2, 0) is 27.2 Å². The van der Waals surface area contributed by atoms with Gasteiger partial charge in [-0.1, -0.05) is 79.7 Å². The minimum atomic E-state index is -3.84. The third-order valence-electron chi connectivity index (χ3n) is 4.73. The van der Waals surface area contributed by atoms with Crippen LogP contribution in [0.4, 0.5) is 0 Å². The second-order valence-corrected chi connectivity index (χ2v) is 8.33. The summed E-state index contributed by atoms with van der Waals surface area (Å²) in [6.07, 6.45) is 2.63. The van der Waals surface area contributed by atoms with Crippen LogP contribution in [0.2, 0.25) is 0 Å². The zero-order valence-electron chi connectivity index (χ0n) is 16.7. The summed E-state index contributed by atoms with van der Waals surface area (Å²) in [5.41, 5.74) is 3.23. The van der Waals surface area contributed by atoms with Crippen LogP contribution in [0, 0.1) is 0 Å². The van der Waals surface area contributed by atoms with Gasteiger partial charge in [0, 0.05) is 11.1 Å². The van der Waals surface area contributed by atoms with E-state index in [1.165, 1.54) is 5.56 Å². The van der Waals surface area contributed by atoms with E-state index in [0.29, 0.717) is 11.1 Å². The number of carbonyl (C=O) groups excluding carboxylic acids is 1. The Labute approximate surface area is 171 Å². The predicted octanol–water partition coefficient (Wildman–Crippen LogP) is 4.53. The fraction of sp³-hybridized carbons (Fsp3) is 0.217. The average molecular weight is 410 g/mol. The first kappa shape index (κ1) is 20.7. The number of oxime groups is 1. The number of hydrogen-bond acceptors (Lipinski definition) is 5. The molecule has 0 saturated carbocycles. The molecule has 0 unspecified atom stereocenters. The molecule has 0 aliphatic heterocycles. The summed E-state index contributed by atoms with van der Waals surface area (Å²) < 4.78 is 27.5. The molecule has 0 N–H and O–H groups in total. The molecule has 5 nitrogen and oxygen atoms in total. The molecule has 0 heterocycles. The van der Waals surface area contributed by atoms with E-state index in [2.05, 4.69) is 29.4 Å². The van der Waals surface area contributed by atoms with Crippen molar-refractivity contribution in [1.82, 2.24) is 0 Å². The van der Waals surface area contributed by atoms with Gasteiger partial charge >= 0.3 is 10.1 Å². The molecule has 0 bridgehead atoms. The molecular formula is C23H23NO4S. The van der Waals surface area contributed by atoms with Gasteiger partial charge in [0.15, 0.2) is 5.71 Å². The van der Waals surface area contributed by atoms with Gasteiger partial charge in [0.1, 0.15) is 0 Å². The van der Waals surface area contributed by atoms with Gasteiger partial charge < -0.3 is 0 Å². The lowest BCUT2D eigenvalue weighted by Crippen LogP contribution is -2.18. The smallest absolute Gasteiger partial charge is 0.287 e. The first-order valence-electron chi connectivity index (χ1n) is 9.45. The Hall–Kier alpha value is -2.99. The third-order valence-corrected chi connectivity index (χ3v) is 5.08. The molecule has 0 amide bonds. The molecule has 3 aromatic rings. The minimum Gasteiger partial charge on any atom is -0.287 e. The van der Waals surface area contributed by atoms with Gasteiger partial charge in [-0.05, 0) is 34.7 Å². The summed E-state index contributed by atoms with van der Waals surface area (Å²) in [6, 6.07) is 18.5. The Bertz CT molecular complexity index is 1180. The lowest BCUT2D eigenvalue weighted by molar-refractivity contribution is 0.106. The van der Waals surface area contributed by atoms with Crippen LogP contribution in [0.3, 0.4) is 0 Å². The molecule has 3 aromatic carbocycles. The Morgan fingerprint density at radius 2 is 1.66 bits per heavy atom. The fourth-order valence-corrected chi connectivity index (χ4v) is 3.45. The highest BCUT2D eigenvalue weighted by Crippen LogP contribution is 2.26. The predicted molar refractivity (Wildman–Crippen MR) is 116 cm³/mol. The van der Waals surface area contributed by atoms with E-state index < -0.39 is 15.9 Å². The molecular weight excluding hydrogens is 386 g/mol. The normalized spacial score (nSPS) is 12.2. The SMILES string of the molecule is CCc1ccc2c(C(=O)/C(=N/OS(C)(=O)=O)c3ccccc3)ccc(CC)c2c1. The number of aryl methyl sites for hydroxylation is 2. The van der Waals surface area contributed by atoms with Crippen molar-refractivity contribution < 1.29 is 17.5 Å². The number of benzene rings is 3. The molecule has 3 rings (SSSR count). The number of hydrogen-bond donors (Lipinski definition) is 0. The summed E-state index contributed by atoms with van der Waals surface area (Å²) in [7, 11) is -3.84. The highest BCUT2D eigenvalue weighted by atomic mass is 32.2. The van der Waals surface area contributed by atoms with E-state index in [9.17, 15) is 13.2 Å². The lowest BCUT2D eigenvalue weighted by atomic mass is 9.91. The molecule has 0 aliphatic carbocycles. The summed E-state index contributed by atoms with van der Waals surface area (Å²) in [4.78, 5) is 13.4. The van der Waals surface area contributed by atoms with Crippen molar-refractivity contribution >= 4 is 32.4 Å². The summed E-state index contributed by atoms with van der Waals surface area (Å²) in [5.74, 6) is -0.392. The van der Waals surface area contributed by atoms with Crippen LogP contribution in [0.1, 0.15) is 40.9 Å². The van der Waals surface area contributed by atoms with Gasteiger partial charge in [-0.3, -0.25) is 9.08 Å². The standard InChI is InChI=1S/C23H23NO4S/c1-4-16-11-13-19-20(14-12-17(5-2)21(19)15-16)23(25)22(24-28-29(3,26)27)18-9-7-6-8-10-18/h6-15H,4-5H2,1-3H3/b24-22+. The summed E-state index contributed by atoms with van der Waals surface area (Å²) in [6.45, 7) is 4.16. The molecule has 0 fully saturated rings. The second kappa shape index (κ2) is 8.57. The molecule has 0 saturated heterocycles. The zero-order chi connectivity index (χ0) is 21.0. The van der Waals surface area contributed by atoms with Crippen molar-refractivity contribution in [2.45, 2.75) is 26.7 Å². The number of fused-ring (bicyclic) bond motifs is 1. The van der Waals surface area contributed by atoms with E-state index in [4.69, 9.17) is 0 Å². The van der Waals surface area contributed by atoms with Crippen LogP contribution in [0.5, 0.6) is 0 Å². The van der Waals surface area contributed by atoms with E-state index >= 15 is 0 Å². The molecule has 150 valence electrons. The van der Waals surface area contributed by atoms with E-state index in [1.807, 2.05) is 18.2 Å². The highest BCUT2D eigenvalue weighted by Gasteiger charge is 2.21. The van der Waals surface area contributed by atoms with Crippen molar-refractivity contribution in [3.05, 3.63) is 82.9 Å². The van der Waals surface area contributed by atoms with E-state index in [1.54, 1.807) is 36.4 Å². The Morgan fingerprint density at radius 1 is 0.931 bits per heavy atom. The first-order chi connectivity index (χ1) is 13.8. The van der Waals surface area contributed by atoms with Crippen molar-refractivity contribution in [1.29, 1.82) is 0 Å². The van der Waals surface area contributed by atoms with Crippen LogP contribution in [0.25, 0.3) is 10.8 Å². The van der Waals surface area contributed by atoms with Crippen molar-refractivity contribution in [2.75, 3.05) is 6.26 Å². The topological polar surface area (TPSA) is 72.8 Å². The summed E-state index contributed by atoms with van der Waals surface area (Å²) >= 11 is 0. The van der Waals surface area contributed by atoms with E-state index in [-0.39, 0.29) is 5.71 Å². The van der Waals surface area contributed by atoms with E-state index in [0.717, 1.165) is 35.4 Å². The first-order valence-corrected chi connectivity index (χ1v) is 11.3. The Morgan fingerprint density at radius 3 is 2.28 bits per heavy atom. The van der Waals surface area contributed by atoms with Crippen molar-refractivity contribution in [3.63, 3.8) is 0 Å². The maximum Gasteiger partial charge on any atom is 0.325 e. The van der Waals surface area contributed by atoms with Gasteiger partial charge in [0.25, 0.3) is 0 Å². The minimum absolute atomic E-state index is 0.0545. The second-order valence-electron chi connectivity index (χ2n) is 6.77. The third kappa shape index (κ3) is 4.71. The van der Waals surface area contributed by atoms with Crippen molar-refractivity contribution in [3.8, 4) is 0 Å². The largest absolute Gasteiger partial charge is 0.325 e. The number of Topliss-reactive ketones (excluding diaryl/α,β-unsaturated/α-hetero) is 1. The van der Waals surface area contributed by atoms with Gasteiger partial charge in [0.2, 0.25) is 5.78 Å². The van der Waals surface area contributed by atoms with Crippen LogP contribution < -0.4 is 0 Å². The van der Waals surface area contributed by atoms with Crippen molar-refractivity contribution in [2.24, 2.45) is 5.16 Å². The number of carbonyl (C=O) groups is 1. The summed E-state index contributed by atoms with van der Waals surface area (Å²) in [5, 5.41) is 5.54. The Balaban J connectivity index is 2.19. The highest BCUT2D eigenvalue weighted by molar-refractivity contribution is 7.85. The molecule has 0 spiro atoms. The number of ketones is 1.